The van der Waals surface area contributed by atoms with Crippen LogP contribution in [0, 0.1) is 6.92 Å². The predicted octanol–water partition coefficient (Wildman–Crippen LogP) is 3.96. The van der Waals surface area contributed by atoms with E-state index >= 15 is 0 Å². The number of hydrogen-bond acceptors (Lipinski definition) is 3. The Balaban J connectivity index is 2.40. The second-order valence-corrected chi connectivity index (χ2v) is 5.36. The van der Waals surface area contributed by atoms with Crippen molar-refractivity contribution in [1.82, 2.24) is 4.98 Å². The van der Waals surface area contributed by atoms with Crippen molar-refractivity contribution in [2.24, 2.45) is 5.73 Å². The molecule has 0 fully saturated rings. The summed E-state index contributed by atoms with van der Waals surface area (Å²) in [5, 5.41) is 0. The molecule has 1 heterocycles. The van der Waals surface area contributed by atoms with Crippen molar-refractivity contribution >= 4 is 11.5 Å². The van der Waals surface area contributed by atoms with Gasteiger partial charge in [0.15, 0.2) is 0 Å². The van der Waals surface area contributed by atoms with Crippen LogP contribution in [0.2, 0.25) is 0 Å². The first-order chi connectivity index (χ1) is 10.2. The Morgan fingerprint density at radius 3 is 2.38 bits per heavy atom. The van der Waals surface area contributed by atoms with Gasteiger partial charge in [-0.2, -0.15) is 0 Å². The minimum atomic E-state index is 0.553. The monoisotopic (exact) mass is 283 g/mol. The summed E-state index contributed by atoms with van der Waals surface area (Å²) in [4.78, 5) is 7.05. The van der Waals surface area contributed by atoms with E-state index < -0.39 is 0 Å². The fraction of sp³-hybridized carbons (Fsp3) is 0.389. The summed E-state index contributed by atoms with van der Waals surface area (Å²) in [5.41, 5.74) is 10.6. The van der Waals surface area contributed by atoms with Gasteiger partial charge in [-0.15, -0.1) is 0 Å². The smallest absolute Gasteiger partial charge is 0.133 e. The molecule has 2 aromatic rings. The zero-order chi connectivity index (χ0) is 15.2. The van der Waals surface area contributed by atoms with Crippen LogP contribution in [0.5, 0.6) is 0 Å². The number of benzene rings is 1. The highest BCUT2D eigenvalue weighted by Crippen LogP contribution is 2.25. The van der Waals surface area contributed by atoms with Gasteiger partial charge in [0.1, 0.15) is 5.82 Å². The minimum Gasteiger partial charge on any atom is -0.327 e. The molecule has 1 aromatic carbocycles. The highest BCUT2D eigenvalue weighted by Gasteiger charge is 2.11. The van der Waals surface area contributed by atoms with E-state index in [2.05, 4.69) is 62.1 Å². The van der Waals surface area contributed by atoms with E-state index in [1.165, 1.54) is 11.3 Å². The number of aryl methyl sites for hydroxylation is 2. The van der Waals surface area contributed by atoms with Crippen molar-refractivity contribution < 1.29 is 0 Å². The van der Waals surface area contributed by atoms with Crippen molar-refractivity contribution in [3.8, 4) is 0 Å². The van der Waals surface area contributed by atoms with Crippen LogP contribution in [0.3, 0.4) is 0 Å². The molecule has 1 aromatic heterocycles. The molecule has 0 spiro atoms. The van der Waals surface area contributed by atoms with Gasteiger partial charge in [0.25, 0.3) is 0 Å². The van der Waals surface area contributed by atoms with Crippen LogP contribution in [-0.2, 0) is 13.0 Å². The van der Waals surface area contributed by atoms with E-state index in [1.807, 2.05) is 0 Å². The lowest BCUT2D eigenvalue weighted by Gasteiger charge is -2.23. The first-order valence-electron chi connectivity index (χ1n) is 7.72. The summed E-state index contributed by atoms with van der Waals surface area (Å²) in [7, 11) is 0. The fourth-order valence-corrected chi connectivity index (χ4v) is 2.48. The predicted molar refractivity (Wildman–Crippen MR) is 90.0 cm³/mol. The molecule has 0 aliphatic rings. The van der Waals surface area contributed by atoms with Gasteiger partial charge in [-0.25, -0.2) is 4.98 Å². The second-order valence-electron chi connectivity index (χ2n) is 5.36. The molecule has 3 nitrogen and oxygen atoms in total. The topological polar surface area (TPSA) is 42.1 Å². The molecule has 0 atom stereocenters. The van der Waals surface area contributed by atoms with Crippen molar-refractivity contribution in [2.75, 3.05) is 11.4 Å². The zero-order valence-electron chi connectivity index (χ0n) is 13.3. The molecule has 0 saturated carbocycles. The van der Waals surface area contributed by atoms with E-state index in [9.17, 15) is 0 Å². The Hall–Kier alpha value is -1.87. The van der Waals surface area contributed by atoms with Crippen LogP contribution in [0.1, 0.15) is 37.1 Å². The summed E-state index contributed by atoms with van der Waals surface area (Å²) in [6.45, 7) is 7.87. The molecular weight excluding hydrogens is 258 g/mol. The Morgan fingerprint density at radius 2 is 1.81 bits per heavy atom. The van der Waals surface area contributed by atoms with Crippen LogP contribution in [0.25, 0.3) is 0 Å². The molecule has 0 unspecified atom stereocenters. The molecule has 2 N–H and O–H groups in total. The standard InChI is InChI=1S/C18H25N3/c1-4-6-16-11-15(13-19)12-18(20-16)21(5-2)17-9-7-14(3)8-10-17/h7-12H,4-6,13,19H2,1-3H3. The van der Waals surface area contributed by atoms with Crippen LogP contribution in [0.15, 0.2) is 36.4 Å². The summed E-state index contributed by atoms with van der Waals surface area (Å²) >= 11 is 0. The number of anilines is 2. The Bertz CT molecular complexity index is 576. The number of nitrogens with two attached hydrogens (primary N) is 1. The SMILES string of the molecule is CCCc1cc(CN)cc(N(CC)c2ccc(C)cc2)n1. The molecule has 0 aliphatic carbocycles. The average Bonchev–Trinajstić information content (AvgIpc) is 2.50. The number of aromatic nitrogens is 1. The van der Waals surface area contributed by atoms with Gasteiger partial charge in [0, 0.05) is 24.5 Å². The van der Waals surface area contributed by atoms with Crippen molar-refractivity contribution in [3.63, 3.8) is 0 Å². The van der Waals surface area contributed by atoms with E-state index in [1.54, 1.807) is 0 Å². The summed E-state index contributed by atoms with van der Waals surface area (Å²) in [6, 6.07) is 12.8. The maximum atomic E-state index is 5.84. The van der Waals surface area contributed by atoms with E-state index in [-0.39, 0.29) is 0 Å². The number of nitrogens with zero attached hydrogens (tertiary/aromatic N) is 2. The van der Waals surface area contributed by atoms with Crippen molar-refractivity contribution in [3.05, 3.63) is 53.2 Å². The normalized spacial score (nSPS) is 10.7. The van der Waals surface area contributed by atoms with Crippen LogP contribution < -0.4 is 10.6 Å². The molecule has 2 rings (SSSR count). The second kappa shape index (κ2) is 7.23. The van der Waals surface area contributed by atoms with Gasteiger partial charge in [-0.3, -0.25) is 0 Å². The first kappa shape index (κ1) is 15.5. The lowest BCUT2D eigenvalue weighted by atomic mass is 10.1. The highest BCUT2D eigenvalue weighted by molar-refractivity contribution is 5.61. The third-order valence-corrected chi connectivity index (χ3v) is 3.60. The molecule has 0 radical (unpaired) electrons. The lowest BCUT2D eigenvalue weighted by molar-refractivity contribution is 0.862. The summed E-state index contributed by atoms with van der Waals surface area (Å²) < 4.78 is 0. The Labute approximate surface area is 127 Å². The quantitative estimate of drug-likeness (QED) is 0.872. The van der Waals surface area contributed by atoms with Gasteiger partial charge >= 0.3 is 0 Å². The van der Waals surface area contributed by atoms with Crippen LogP contribution >= 0.6 is 0 Å². The van der Waals surface area contributed by atoms with Gasteiger partial charge < -0.3 is 10.6 Å². The Morgan fingerprint density at radius 1 is 1.10 bits per heavy atom. The highest BCUT2D eigenvalue weighted by atomic mass is 15.2. The zero-order valence-corrected chi connectivity index (χ0v) is 13.3. The molecular formula is C18H25N3. The lowest BCUT2D eigenvalue weighted by Crippen LogP contribution is -2.18. The molecule has 3 heteroatoms. The van der Waals surface area contributed by atoms with Crippen LogP contribution in [0.4, 0.5) is 11.5 Å². The largest absolute Gasteiger partial charge is 0.327 e. The van der Waals surface area contributed by atoms with Crippen LogP contribution in [-0.4, -0.2) is 11.5 Å². The van der Waals surface area contributed by atoms with E-state index in [0.29, 0.717) is 6.54 Å². The van der Waals surface area contributed by atoms with Crippen molar-refractivity contribution in [1.29, 1.82) is 0 Å². The van der Waals surface area contributed by atoms with Gasteiger partial charge in [-0.1, -0.05) is 31.0 Å². The maximum absolute atomic E-state index is 5.84. The molecule has 0 amide bonds. The fourth-order valence-electron chi connectivity index (χ4n) is 2.48. The minimum absolute atomic E-state index is 0.553. The molecule has 112 valence electrons. The third kappa shape index (κ3) is 3.82. The molecule has 0 aliphatic heterocycles. The number of pyridine rings is 1. The van der Waals surface area contributed by atoms with Gasteiger partial charge in [-0.05, 0) is 50.1 Å². The van der Waals surface area contributed by atoms with Gasteiger partial charge in [0.05, 0.1) is 0 Å². The molecule has 0 saturated heterocycles. The summed E-state index contributed by atoms with van der Waals surface area (Å²) in [5.74, 6) is 0.993. The van der Waals surface area contributed by atoms with E-state index in [4.69, 9.17) is 10.7 Å². The Kier molecular flexibility index (Phi) is 5.34. The summed E-state index contributed by atoms with van der Waals surface area (Å²) in [6.07, 6.45) is 2.09. The molecule has 0 bridgehead atoms. The average molecular weight is 283 g/mol. The van der Waals surface area contributed by atoms with Gasteiger partial charge in [0.2, 0.25) is 0 Å². The van der Waals surface area contributed by atoms with E-state index in [0.717, 1.165) is 36.5 Å². The van der Waals surface area contributed by atoms with Crippen molar-refractivity contribution in [2.45, 2.75) is 40.2 Å². The number of rotatable bonds is 6. The third-order valence-electron chi connectivity index (χ3n) is 3.60. The maximum Gasteiger partial charge on any atom is 0.133 e. The number of hydrogen-bond donors (Lipinski definition) is 1. The molecule has 21 heavy (non-hydrogen) atoms. The first-order valence-corrected chi connectivity index (χ1v) is 7.72.